The Morgan fingerprint density at radius 3 is 2.58 bits per heavy atom. The zero-order valence-electron chi connectivity index (χ0n) is 14.1. The van der Waals surface area contributed by atoms with Crippen molar-refractivity contribution < 1.29 is 13.2 Å². The van der Waals surface area contributed by atoms with Crippen molar-refractivity contribution in [1.82, 2.24) is 19.9 Å². The number of amides is 1. The molecule has 0 radical (unpaired) electrons. The van der Waals surface area contributed by atoms with Gasteiger partial charge in [-0.1, -0.05) is 6.07 Å². The van der Waals surface area contributed by atoms with E-state index >= 15 is 0 Å². The van der Waals surface area contributed by atoms with Crippen LogP contribution in [-0.4, -0.2) is 70.9 Å². The minimum absolute atomic E-state index is 0.0141. The summed E-state index contributed by atoms with van der Waals surface area (Å²) >= 11 is 0. The predicted octanol–water partition coefficient (Wildman–Crippen LogP) is -0.0715. The summed E-state index contributed by atoms with van der Waals surface area (Å²) in [4.78, 5) is 29.0. The second-order valence-electron chi connectivity index (χ2n) is 6.58. The first-order chi connectivity index (χ1) is 12.5. The lowest BCUT2D eigenvalue weighted by molar-refractivity contribution is -0.133. The Morgan fingerprint density at radius 1 is 1.08 bits per heavy atom. The molecule has 2 aliphatic rings. The summed E-state index contributed by atoms with van der Waals surface area (Å²) in [5.74, 6) is 0.449. The van der Waals surface area contributed by atoms with Crippen LogP contribution in [0.15, 0.2) is 43.0 Å². The van der Waals surface area contributed by atoms with Gasteiger partial charge in [0.15, 0.2) is 9.84 Å². The van der Waals surface area contributed by atoms with Crippen LogP contribution in [0.2, 0.25) is 0 Å². The Labute approximate surface area is 151 Å². The molecule has 0 aliphatic carbocycles. The second-order valence-corrected chi connectivity index (χ2v) is 8.73. The largest absolute Gasteiger partial charge is 0.335 e. The zero-order chi connectivity index (χ0) is 18.1. The predicted molar refractivity (Wildman–Crippen MR) is 95.3 cm³/mol. The molecule has 2 aromatic rings. The molecule has 136 valence electrons. The number of anilines is 1. The number of nitrogens with zero attached hydrogens (tertiary/aromatic N) is 5. The van der Waals surface area contributed by atoms with Crippen LogP contribution in [0, 0.1) is 0 Å². The molecular formula is C17H19N5O3S. The summed E-state index contributed by atoms with van der Waals surface area (Å²) < 4.78 is 24.6. The molecule has 2 unspecified atom stereocenters. The highest BCUT2D eigenvalue weighted by molar-refractivity contribution is 7.91. The molecule has 1 amide bonds. The quantitative estimate of drug-likeness (QED) is 0.743. The van der Waals surface area contributed by atoms with E-state index in [0.29, 0.717) is 19.0 Å². The van der Waals surface area contributed by atoms with Crippen molar-refractivity contribution >= 4 is 21.7 Å². The first-order valence-corrected chi connectivity index (χ1v) is 10.3. The molecule has 0 aromatic carbocycles. The van der Waals surface area contributed by atoms with Crippen molar-refractivity contribution in [3.05, 3.63) is 48.5 Å². The number of hydrogen-bond donors (Lipinski definition) is 0. The van der Waals surface area contributed by atoms with Crippen LogP contribution in [0.5, 0.6) is 0 Å². The third-order valence-corrected chi connectivity index (χ3v) is 6.58. The van der Waals surface area contributed by atoms with Crippen molar-refractivity contribution in [3.63, 3.8) is 0 Å². The van der Waals surface area contributed by atoms with Gasteiger partial charge in [-0.25, -0.2) is 18.4 Å². The van der Waals surface area contributed by atoms with Crippen LogP contribution in [0.3, 0.4) is 0 Å². The van der Waals surface area contributed by atoms with E-state index in [2.05, 4.69) is 15.0 Å². The number of hydrogen-bond acceptors (Lipinski definition) is 7. The van der Waals surface area contributed by atoms with Crippen molar-refractivity contribution in [1.29, 1.82) is 0 Å². The normalized spacial score (nSPS) is 24.3. The third-order valence-electron chi connectivity index (χ3n) is 4.88. The Bertz CT molecular complexity index is 891. The Balaban J connectivity index is 1.58. The summed E-state index contributed by atoms with van der Waals surface area (Å²) in [5.41, 5.74) is 0.823. The molecule has 2 aliphatic heterocycles. The molecule has 2 atom stereocenters. The maximum atomic E-state index is 12.8. The van der Waals surface area contributed by atoms with Crippen LogP contribution in [0.4, 0.5) is 5.95 Å². The lowest BCUT2D eigenvalue weighted by Gasteiger charge is -2.43. The lowest BCUT2D eigenvalue weighted by atomic mass is 10.0. The number of aromatic nitrogens is 3. The van der Waals surface area contributed by atoms with Crippen molar-refractivity contribution in [3.8, 4) is 0 Å². The van der Waals surface area contributed by atoms with Gasteiger partial charge in [0, 0.05) is 37.9 Å². The summed E-state index contributed by atoms with van der Waals surface area (Å²) in [6.45, 7) is 0.966. The summed E-state index contributed by atoms with van der Waals surface area (Å²) in [6.07, 6.45) is 6.82. The second kappa shape index (κ2) is 6.64. The Kier molecular flexibility index (Phi) is 4.31. The summed E-state index contributed by atoms with van der Waals surface area (Å²) in [7, 11) is -3.21. The van der Waals surface area contributed by atoms with Crippen LogP contribution in [0.25, 0.3) is 0 Å². The minimum Gasteiger partial charge on any atom is -0.335 e. The average Bonchev–Trinajstić information content (AvgIpc) is 2.97. The molecule has 2 fully saturated rings. The molecule has 4 heterocycles. The van der Waals surface area contributed by atoms with E-state index in [4.69, 9.17) is 0 Å². The molecule has 8 nitrogen and oxygen atoms in total. The SMILES string of the molecule is O=C(Cc1cccnc1)N1CCN(c2ncccn2)C2CS(=O)(=O)CC21. The number of pyridine rings is 1. The molecular weight excluding hydrogens is 354 g/mol. The Morgan fingerprint density at radius 2 is 1.85 bits per heavy atom. The molecule has 0 spiro atoms. The average molecular weight is 373 g/mol. The number of fused-ring (bicyclic) bond motifs is 1. The molecule has 26 heavy (non-hydrogen) atoms. The van der Waals surface area contributed by atoms with Crippen LogP contribution in [-0.2, 0) is 21.1 Å². The number of carbonyl (C=O) groups is 1. The number of rotatable bonds is 3. The van der Waals surface area contributed by atoms with Gasteiger partial charge >= 0.3 is 0 Å². The van der Waals surface area contributed by atoms with Crippen LogP contribution in [0.1, 0.15) is 5.56 Å². The molecule has 0 saturated carbocycles. The van der Waals surface area contributed by atoms with E-state index in [-0.39, 0.29) is 35.9 Å². The molecule has 9 heteroatoms. The van der Waals surface area contributed by atoms with Gasteiger partial charge in [0.25, 0.3) is 0 Å². The van der Waals surface area contributed by atoms with Crippen molar-refractivity contribution in [2.45, 2.75) is 18.5 Å². The van der Waals surface area contributed by atoms with Crippen molar-refractivity contribution in [2.24, 2.45) is 0 Å². The molecule has 2 aromatic heterocycles. The van der Waals surface area contributed by atoms with Gasteiger partial charge in [-0.3, -0.25) is 9.78 Å². The Hall–Kier alpha value is -2.55. The molecule has 0 bridgehead atoms. The first kappa shape index (κ1) is 16.9. The third kappa shape index (κ3) is 3.26. The van der Waals surface area contributed by atoms with Gasteiger partial charge in [-0.05, 0) is 17.7 Å². The monoisotopic (exact) mass is 373 g/mol. The molecule has 2 saturated heterocycles. The number of piperazine rings is 1. The van der Waals surface area contributed by atoms with Gasteiger partial charge < -0.3 is 9.80 Å². The summed E-state index contributed by atoms with van der Waals surface area (Å²) in [5, 5.41) is 0. The highest BCUT2D eigenvalue weighted by Gasteiger charge is 2.48. The van der Waals surface area contributed by atoms with Crippen LogP contribution >= 0.6 is 0 Å². The highest BCUT2D eigenvalue weighted by atomic mass is 32.2. The number of carbonyl (C=O) groups excluding carboxylic acids is 1. The van der Waals surface area contributed by atoms with Crippen LogP contribution < -0.4 is 4.90 Å². The van der Waals surface area contributed by atoms with Gasteiger partial charge in [-0.15, -0.1) is 0 Å². The zero-order valence-corrected chi connectivity index (χ0v) is 14.9. The van der Waals surface area contributed by atoms with E-state index in [1.807, 2.05) is 11.0 Å². The van der Waals surface area contributed by atoms with Gasteiger partial charge in [0.05, 0.1) is 30.0 Å². The van der Waals surface area contributed by atoms with E-state index in [1.165, 1.54) is 0 Å². The summed E-state index contributed by atoms with van der Waals surface area (Å²) in [6, 6.07) is 4.67. The first-order valence-electron chi connectivity index (χ1n) is 8.46. The van der Waals surface area contributed by atoms with E-state index in [9.17, 15) is 13.2 Å². The minimum atomic E-state index is -3.21. The van der Waals surface area contributed by atoms with E-state index < -0.39 is 9.84 Å². The molecule has 4 rings (SSSR count). The maximum absolute atomic E-state index is 12.8. The number of sulfone groups is 1. The van der Waals surface area contributed by atoms with Gasteiger partial charge in [0.1, 0.15) is 0 Å². The van der Waals surface area contributed by atoms with Crippen molar-refractivity contribution in [2.75, 3.05) is 29.5 Å². The standard InChI is InChI=1S/C17H19N5O3S/c23-16(9-13-3-1-4-18-10-13)21-7-8-22(17-19-5-2-6-20-17)15-12-26(24,25)11-14(15)21/h1-6,10,14-15H,7-9,11-12H2. The van der Waals surface area contributed by atoms with E-state index in [0.717, 1.165) is 5.56 Å². The van der Waals surface area contributed by atoms with Gasteiger partial charge in [-0.2, -0.15) is 0 Å². The fraction of sp³-hybridized carbons (Fsp3) is 0.412. The van der Waals surface area contributed by atoms with E-state index in [1.54, 1.807) is 41.8 Å². The van der Waals surface area contributed by atoms with Gasteiger partial charge in [0.2, 0.25) is 11.9 Å². The topological polar surface area (TPSA) is 96.4 Å². The maximum Gasteiger partial charge on any atom is 0.227 e. The highest BCUT2D eigenvalue weighted by Crippen LogP contribution is 2.29. The lowest BCUT2D eigenvalue weighted by Crippen LogP contribution is -2.61. The fourth-order valence-corrected chi connectivity index (χ4v) is 5.71. The fourth-order valence-electron chi connectivity index (χ4n) is 3.73. The smallest absolute Gasteiger partial charge is 0.227 e. The molecule has 0 N–H and O–H groups in total.